The number of halogens is 1. The third-order valence-electron chi connectivity index (χ3n) is 3.65. The molecule has 0 aliphatic rings. The van der Waals surface area contributed by atoms with E-state index in [4.69, 9.17) is 0 Å². The lowest BCUT2D eigenvalue weighted by atomic mass is 10.1. The van der Waals surface area contributed by atoms with Gasteiger partial charge in [0.1, 0.15) is 5.82 Å². The van der Waals surface area contributed by atoms with Gasteiger partial charge in [-0.05, 0) is 42.5 Å². The zero-order chi connectivity index (χ0) is 17.6. The Bertz CT molecular complexity index is 921. The van der Waals surface area contributed by atoms with Gasteiger partial charge in [0.05, 0.1) is 12.2 Å². The van der Waals surface area contributed by atoms with Gasteiger partial charge in [-0.3, -0.25) is 9.59 Å². The number of rotatable bonds is 5. The van der Waals surface area contributed by atoms with Crippen LogP contribution in [0.25, 0.3) is 11.3 Å². The van der Waals surface area contributed by atoms with E-state index in [9.17, 15) is 14.0 Å². The zero-order valence-corrected chi connectivity index (χ0v) is 13.4. The van der Waals surface area contributed by atoms with E-state index in [1.807, 2.05) is 6.07 Å². The normalized spacial score (nSPS) is 10.4. The summed E-state index contributed by atoms with van der Waals surface area (Å²) in [6, 6.07) is 17.7. The molecule has 126 valence electrons. The van der Waals surface area contributed by atoms with Crippen LogP contribution in [0, 0.1) is 5.82 Å². The maximum absolute atomic E-state index is 13.0. The van der Waals surface area contributed by atoms with Crippen LogP contribution in [-0.4, -0.2) is 22.2 Å². The second-order valence-electron chi connectivity index (χ2n) is 5.41. The predicted octanol–water partition coefficient (Wildman–Crippen LogP) is 2.48. The Morgan fingerprint density at radius 1 is 1.00 bits per heavy atom. The highest BCUT2D eigenvalue weighted by molar-refractivity contribution is 5.94. The molecule has 0 aliphatic carbocycles. The van der Waals surface area contributed by atoms with Gasteiger partial charge in [-0.15, -0.1) is 0 Å². The van der Waals surface area contributed by atoms with Crippen molar-refractivity contribution in [2.45, 2.75) is 6.54 Å². The van der Waals surface area contributed by atoms with E-state index in [0.29, 0.717) is 16.8 Å². The lowest BCUT2D eigenvalue weighted by Crippen LogP contribution is -2.31. The minimum atomic E-state index is -0.333. The molecule has 25 heavy (non-hydrogen) atoms. The number of carbonyl (C=O) groups excluding carboxylic acids is 1. The number of carbonyl (C=O) groups is 1. The molecule has 1 aromatic heterocycles. The first kappa shape index (κ1) is 16.6. The number of hydrogen-bond donors (Lipinski definition) is 1. The minimum absolute atomic E-state index is 0.205. The van der Waals surface area contributed by atoms with Gasteiger partial charge >= 0.3 is 0 Å². The summed E-state index contributed by atoms with van der Waals surface area (Å²) in [5, 5.41) is 7.03. The molecule has 0 radical (unpaired) electrons. The number of nitrogens with zero attached hydrogens (tertiary/aromatic N) is 2. The highest BCUT2D eigenvalue weighted by Gasteiger charge is 2.06. The summed E-state index contributed by atoms with van der Waals surface area (Å²) in [4.78, 5) is 23.9. The van der Waals surface area contributed by atoms with Crippen molar-refractivity contribution in [2.75, 3.05) is 6.54 Å². The van der Waals surface area contributed by atoms with Crippen LogP contribution in [0.2, 0.25) is 0 Å². The quantitative estimate of drug-likeness (QED) is 0.778. The van der Waals surface area contributed by atoms with Crippen LogP contribution in [0.3, 0.4) is 0 Å². The molecule has 0 unspecified atom stereocenters. The average Bonchev–Trinajstić information content (AvgIpc) is 2.64. The number of nitrogens with one attached hydrogen (secondary N) is 1. The van der Waals surface area contributed by atoms with Gasteiger partial charge in [-0.2, -0.15) is 5.10 Å². The first-order chi connectivity index (χ1) is 12.1. The Kier molecular flexibility index (Phi) is 4.99. The number of hydrogen-bond acceptors (Lipinski definition) is 3. The summed E-state index contributed by atoms with van der Waals surface area (Å²) in [7, 11) is 0. The number of aromatic nitrogens is 2. The molecular formula is C19H16FN3O2. The lowest BCUT2D eigenvalue weighted by Gasteiger charge is -2.08. The van der Waals surface area contributed by atoms with Crippen molar-refractivity contribution in [3.8, 4) is 11.3 Å². The summed E-state index contributed by atoms with van der Waals surface area (Å²) in [6.07, 6.45) is 0. The molecule has 0 fully saturated rings. The van der Waals surface area contributed by atoms with Gasteiger partial charge in [-0.25, -0.2) is 9.07 Å². The highest BCUT2D eigenvalue weighted by atomic mass is 19.1. The maximum Gasteiger partial charge on any atom is 0.266 e. The Labute approximate surface area is 143 Å². The molecule has 1 heterocycles. The third kappa shape index (κ3) is 4.17. The molecule has 6 heteroatoms. The summed E-state index contributed by atoms with van der Waals surface area (Å²) in [6.45, 7) is 0.514. The second-order valence-corrected chi connectivity index (χ2v) is 5.41. The van der Waals surface area contributed by atoms with Crippen LogP contribution in [0.1, 0.15) is 10.4 Å². The van der Waals surface area contributed by atoms with Crippen molar-refractivity contribution < 1.29 is 9.18 Å². The molecule has 3 rings (SSSR count). The molecule has 2 aromatic carbocycles. The second kappa shape index (κ2) is 7.53. The standard InChI is InChI=1S/C19H16FN3O2/c20-16-8-6-14(7-9-16)17-10-11-18(24)23(22-17)13-12-21-19(25)15-4-2-1-3-5-15/h1-11H,12-13H2,(H,21,25). The van der Waals surface area contributed by atoms with E-state index in [1.54, 1.807) is 42.5 Å². The Balaban J connectivity index is 1.68. The SMILES string of the molecule is O=C(NCCn1nc(-c2ccc(F)cc2)ccc1=O)c1ccccc1. The Hall–Kier alpha value is -3.28. The zero-order valence-electron chi connectivity index (χ0n) is 13.4. The van der Waals surface area contributed by atoms with Gasteiger partial charge in [0.15, 0.2) is 0 Å². The van der Waals surface area contributed by atoms with E-state index < -0.39 is 0 Å². The largest absolute Gasteiger partial charge is 0.350 e. The molecule has 0 saturated heterocycles. The predicted molar refractivity (Wildman–Crippen MR) is 92.7 cm³/mol. The topological polar surface area (TPSA) is 64.0 Å². The summed E-state index contributed by atoms with van der Waals surface area (Å²) < 4.78 is 14.3. The number of amides is 1. The fourth-order valence-electron chi connectivity index (χ4n) is 2.35. The van der Waals surface area contributed by atoms with E-state index >= 15 is 0 Å². The fraction of sp³-hybridized carbons (Fsp3) is 0.105. The molecule has 0 atom stereocenters. The molecule has 3 aromatic rings. The van der Waals surface area contributed by atoms with Crippen LogP contribution in [0.5, 0.6) is 0 Å². The van der Waals surface area contributed by atoms with Gasteiger partial charge in [0, 0.05) is 23.7 Å². The van der Waals surface area contributed by atoms with Crippen molar-refractivity contribution in [1.29, 1.82) is 0 Å². The van der Waals surface area contributed by atoms with Crippen LogP contribution in [-0.2, 0) is 6.54 Å². The smallest absolute Gasteiger partial charge is 0.266 e. The average molecular weight is 337 g/mol. The molecular weight excluding hydrogens is 321 g/mol. The molecule has 1 N–H and O–H groups in total. The molecule has 0 bridgehead atoms. The van der Waals surface area contributed by atoms with E-state index in [1.165, 1.54) is 22.9 Å². The maximum atomic E-state index is 13.0. The summed E-state index contributed by atoms with van der Waals surface area (Å²) in [5.74, 6) is -0.538. The van der Waals surface area contributed by atoms with Crippen molar-refractivity contribution in [1.82, 2.24) is 15.1 Å². The van der Waals surface area contributed by atoms with Gasteiger partial charge < -0.3 is 5.32 Å². The Morgan fingerprint density at radius 2 is 1.72 bits per heavy atom. The van der Waals surface area contributed by atoms with E-state index in [-0.39, 0.29) is 30.4 Å². The summed E-state index contributed by atoms with van der Waals surface area (Å²) in [5.41, 5.74) is 1.57. The molecule has 0 saturated carbocycles. The third-order valence-corrected chi connectivity index (χ3v) is 3.65. The first-order valence-corrected chi connectivity index (χ1v) is 7.81. The molecule has 0 aliphatic heterocycles. The fourth-order valence-corrected chi connectivity index (χ4v) is 2.35. The van der Waals surface area contributed by atoms with E-state index in [0.717, 1.165) is 0 Å². The van der Waals surface area contributed by atoms with Gasteiger partial charge in [-0.1, -0.05) is 18.2 Å². The van der Waals surface area contributed by atoms with Crippen LogP contribution in [0.4, 0.5) is 4.39 Å². The van der Waals surface area contributed by atoms with Gasteiger partial charge in [0.25, 0.3) is 11.5 Å². The van der Waals surface area contributed by atoms with Crippen molar-refractivity contribution >= 4 is 5.91 Å². The molecule has 0 spiro atoms. The minimum Gasteiger partial charge on any atom is -0.350 e. The van der Waals surface area contributed by atoms with Crippen LogP contribution < -0.4 is 10.9 Å². The van der Waals surface area contributed by atoms with Crippen LogP contribution in [0.15, 0.2) is 71.5 Å². The lowest BCUT2D eigenvalue weighted by molar-refractivity contribution is 0.0951. The Morgan fingerprint density at radius 3 is 2.44 bits per heavy atom. The van der Waals surface area contributed by atoms with Crippen molar-refractivity contribution in [3.63, 3.8) is 0 Å². The van der Waals surface area contributed by atoms with Crippen molar-refractivity contribution in [3.05, 3.63) is 88.5 Å². The monoisotopic (exact) mass is 337 g/mol. The highest BCUT2D eigenvalue weighted by Crippen LogP contribution is 2.15. The number of benzene rings is 2. The van der Waals surface area contributed by atoms with Crippen LogP contribution >= 0.6 is 0 Å². The van der Waals surface area contributed by atoms with E-state index in [2.05, 4.69) is 10.4 Å². The first-order valence-electron chi connectivity index (χ1n) is 7.81. The molecule has 1 amide bonds. The van der Waals surface area contributed by atoms with Gasteiger partial charge in [0.2, 0.25) is 0 Å². The molecule has 5 nitrogen and oxygen atoms in total. The summed E-state index contributed by atoms with van der Waals surface area (Å²) >= 11 is 0. The van der Waals surface area contributed by atoms with Crippen molar-refractivity contribution in [2.24, 2.45) is 0 Å².